The summed E-state index contributed by atoms with van der Waals surface area (Å²) in [6.45, 7) is 0. The van der Waals surface area contributed by atoms with E-state index in [1.165, 1.54) is 16.2 Å². The summed E-state index contributed by atoms with van der Waals surface area (Å²) in [7, 11) is 6.62. The van der Waals surface area contributed by atoms with Crippen molar-refractivity contribution in [3.8, 4) is 0 Å². The average Bonchev–Trinajstić information content (AvgIpc) is 3.79. The highest BCUT2D eigenvalue weighted by atomic mass is 127. The molecule has 2 aromatic heterocycles. The molecule has 6 heterocycles. The Hall–Kier alpha value is -1.92. The summed E-state index contributed by atoms with van der Waals surface area (Å²) >= 11 is 17.2. The van der Waals surface area contributed by atoms with E-state index >= 15 is 0 Å². The summed E-state index contributed by atoms with van der Waals surface area (Å²) in [6.07, 6.45) is 7.63. The zero-order valence-corrected chi connectivity index (χ0v) is 39.5. The number of primary amides is 2. The number of halogens is 4. The third-order valence-corrected chi connectivity index (χ3v) is 14.9. The maximum atomic E-state index is 12.7. The Balaban J connectivity index is 0.000000202. The fraction of sp³-hybridized carbons (Fsp3) is 0.429. The number of ketones is 2. The minimum absolute atomic E-state index is 0. The second-order valence-corrected chi connectivity index (χ2v) is 18.7. The van der Waals surface area contributed by atoms with Crippen LogP contribution in [0.15, 0.2) is 48.5 Å². The first-order valence-electron chi connectivity index (χ1n) is 18.5. The number of amides is 2. The first-order chi connectivity index (χ1) is 26.2. The standard InChI is InChI=1S/C21H23ClN2O2S.C20H21ClN2O2S.CH3I.HI/c1-24(2)14-7-8-16(24)19-17(10-14)27-18(20(19)21(23)26)11-15(25)9-12-3-5-13(22)6-4-12;1-23-13-6-7-15(23)18-16(9-13)26-17(19(18)20(22)25)10-14(24)8-11-2-4-12(21)5-3-11;1-2;/h3-6,14,16H,7-11H2,1-2H3,(H-,23,26);2-5,13,15H,6-10H2,1H3,(H2,22,25);1H3;1H. The van der Waals surface area contributed by atoms with Crippen molar-refractivity contribution < 1.29 is 47.6 Å². The van der Waals surface area contributed by atoms with Gasteiger partial charge in [-0.1, -0.05) is 70.1 Å². The van der Waals surface area contributed by atoms with Crippen LogP contribution in [0.4, 0.5) is 0 Å². The molecule has 2 aromatic carbocycles. The Morgan fingerprint density at radius 2 is 1.18 bits per heavy atom. The molecule has 0 radical (unpaired) electrons. The van der Waals surface area contributed by atoms with E-state index in [0.717, 1.165) is 68.6 Å². The van der Waals surface area contributed by atoms with Crippen molar-refractivity contribution in [3.63, 3.8) is 0 Å². The Bertz CT molecular complexity index is 2100. The number of Topliss-reactive ketones (excluding diaryl/α,β-unsaturated/α-hetero) is 2. The second-order valence-electron chi connectivity index (χ2n) is 15.4. The van der Waals surface area contributed by atoms with Crippen LogP contribution in [0, 0.1) is 0 Å². The van der Waals surface area contributed by atoms with Crippen LogP contribution in [-0.4, -0.2) is 70.9 Å². The molecule has 0 aliphatic carbocycles. The maximum absolute atomic E-state index is 12.7. The van der Waals surface area contributed by atoms with Gasteiger partial charge in [0.1, 0.15) is 17.6 Å². The van der Waals surface area contributed by atoms with Crippen LogP contribution in [0.2, 0.25) is 10.0 Å². The molecular formula is C42H48Cl2I2N4O4S2. The Morgan fingerprint density at radius 3 is 1.66 bits per heavy atom. The first-order valence-corrected chi connectivity index (χ1v) is 23.1. The third-order valence-electron chi connectivity index (χ3n) is 11.9. The molecule has 4 unspecified atom stereocenters. The number of carbonyl (C=O) groups is 4. The first kappa shape index (κ1) is 45.2. The third kappa shape index (κ3) is 9.42. The van der Waals surface area contributed by atoms with Crippen LogP contribution in [0.1, 0.15) is 100 Å². The van der Waals surface area contributed by atoms with Gasteiger partial charge in [-0.05, 0) is 72.2 Å². The number of hydrogen-bond acceptors (Lipinski definition) is 7. The lowest BCUT2D eigenvalue weighted by atomic mass is 9.93. The van der Waals surface area contributed by atoms with Crippen molar-refractivity contribution in [1.82, 2.24) is 4.90 Å². The van der Waals surface area contributed by atoms with Gasteiger partial charge in [0.2, 0.25) is 11.8 Å². The summed E-state index contributed by atoms with van der Waals surface area (Å²) in [5.41, 5.74) is 16.8. The van der Waals surface area contributed by atoms with Crippen LogP contribution in [0.3, 0.4) is 0 Å². The van der Waals surface area contributed by atoms with Crippen molar-refractivity contribution >= 4 is 91.8 Å². The molecule has 0 saturated carbocycles. The minimum atomic E-state index is -0.407. The highest BCUT2D eigenvalue weighted by molar-refractivity contribution is 14.1. The molecule has 4 aromatic rings. The largest absolute Gasteiger partial charge is 1.00 e. The van der Waals surface area contributed by atoms with Gasteiger partial charge >= 0.3 is 0 Å². The lowest BCUT2D eigenvalue weighted by molar-refractivity contribution is -0.932. The number of alkyl halides is 1. The van der Waals surface area contributed by atoms with E-state index in [1.807, 2.05) is 29.2 Å². The summed E-state index contributed by atoms with van der Waals surface area (Å²) < 4.78 is 0.919. The second kappa shape index (κ2) is 19.0. The molecule has 4 aliphatic heterocycles. The van der Waals surface area contributed by atoms with Gasteiger partial charge < -0.3 is 39.9 Å². The van der Waals surface area contributed by atoms with Gasteiger partial charge in [-0.25, -0.2) is 0 Å². The van der Waals surface area contributed by atoms with E-state index in [4.69, 9.17) is 34.7 Å². The van der Waals surface area contributed by atoms with Gasteiger partial charge in [-0.15, -0.1) is 22.7 Å². The molecule has 300 valence electrons. The van der Waals surface area contributed by atoms with Gasteiger partial charge in [0.05, 0.1) is 31.3 Å². The van der Waals surface area contributed by atoms with Crippen LogP contribution in [0.5, 0.6) is 0 Å². The highest BCUT2D eigenvalue weighted by Crippen LogP contribution is 2.52. The number of likely N-dealkylation sites (N-methyl/N-ethyl adjacent to an activating group) is 2. The summed E-state index contributed by atoms with van der Waals surface area (Å²) in [5.74, 6) is -0.619. The van der Waals surface area contributed by atoms with Gasteiger partial charge in [0.15, 0.2) is 0 Å². The van der Waals surface area contributed by atoms with Crippen LogP contribution in [-0.2, 0) is 48.1 Å². The number of rotatable bonds is 10. The van der Waals surface area contributed by atoms with E-state index in [-0.39, 0.29) is 54.4 Å². The van der Waals surface area contributed by atoms with E-state index in [2.05, 4.69) is 48.6 Å². The highest BCUT2D eigenvalue weighted by Gasteiger charge is 2.51. The fourth-order valence-corrected chi connectivity index (χ4v) is 12.3. The zero-order chi connectivity index (χ0) is 39.8. The maximum Gasteiger partial charge on any atom is 0.250 e. The lowest BCUT2D eigenvalue weighted by Crippen LogP contribution is -3.00. The average molecular weight is 1060 g/mol. The number of quaternary nitrogens is 1. The quantitative estimate of drug-likeness (QED) is 0.127. The summed E-state index contributed by atoms with van der Waals surface area (Å²) in [4.78, 5) is 58.3. The number of nitrogens with zero attached hydrogens (tertiary/aromatic N) is 2. The smallest absolute Gasteiger partial charge is 0.250 e. The Morgan fingerprint density at radius 1 is 0.714 bits per heavy atom. The van der Waals surface area contributed by atoms with Crippen molar-refractivity contribution in [1.29, 1.82) is 0 Å². The van der Waals surface area contributed by atoms with Crippen LogP contribution in [0.25, 0.3) is 0 Å². The normalized spacial score (nSPS) is 21.0. The fourth-order valence-electron chi connectivity index (χ4n) is 9.15. The van der Waals surface area contributed by atoms with Crippen molar-refractivity contribution in [2.45, 2.75) is 88.4 Å². The Labute approximate surface area is 378 Å². The van der Waals surface area contributed by atoms with E-state index in [0.29, 0.717) is 52.1 Å². The monoisotopic (exact) mass is 1060 g/mol. The number of carbonyl (C=O) groups excluding carboxylic acids is 4. The number of hydrogen-bond donors (Lipinski definition) is 2. The summed E-state index contributed by atoms with van der Waals surface area (Å²) in [6, 6.07) is 16.3. The van der Waals surface area contributed by atoms with Crippen molar-refractivity contribution in [2.24, 2.45) is 11.5 Å². The molecule has 4 bridgehead atoms. The van der Waals surface area contributed by atoms with Gasteiger partial charge in [-0.2, -0.15) is 0 Å². The number of fused-ring (bicyclic) bond motifs is 8. The van der Waals surface area contributed by atoms with Gasteiger partial charge in [0, 0.05) is 92.1 Å². The molecule has 0 spiro atoms. The molecule has 2 amide bonds. The molecule has 8 rings (SSSR count). The topological polar surface area (TPSA) is 124 Å². The molecule has 2 saturated heterocycles. The SMILES string of the molecule is CI.CN1C2CCC1c1c(sc(CC(=O)Cc3ccc(Cl)cc3)c1C(N)=O)C2.C[N+]1(C)C2CCC1c1c(sc(CC(=O)Cc3ccc(Cl)cc3)c1C(N)=O)C2.[I-]. The van der Waals surface area contributed by atoms with Crippen LogP contribution < -0.4 is 35.4 Å². The molecular weight excluding hydrogens is 1010 g/mol. The van der Waals surface area contributed by atoms with Gasteiger partial charge in [0.25, 0.3) is 0 Å². The zero-order valence-electron chi connectivity index (χ0n) is 32.0. The summed E-state index contributed by atoms with van der Waals surface area (Å²) in [5, 5.41) is 1.31. The molecule has 4 aliphatic rings. The van der Waals surface area contributed by atoms with Crippen molar-refractivity contribution in [3.05, 3.63) is 111 Å². The minimum Gasteiger partial charge on any atom is -1.00 e. The molecule has 4 N–H and O–H groups in total. The predicted octanol–water partition coefficient (Wildman–Crippen LogP) is 5.29. The number of thiophene rings is 2. The van der Waals surface area contributed by atoms with E-state index < -0.39 is 11.8 Å². The van der Waals surface area contributed by atoms with Gasteiger partial charge in [-0.3, -0.25) is 24.1 Å². The van der Waals surface area contributed by atoms with E-state index in [1.54, 1.807) is 46.9 Å². The molecule has 2 fully saturated rings. The lowest BCUT2D eigenvalue weighted by Gasteiger charge is -2.41. The van der Waals surface area contributed by atoms with Crippen LogP contribution >= 0.6 is 68.5 Å². The molecule has 14 heteroatoms. The Kier molecular flexibility index (Phi) is 15.3. The predicted molar refractivity (Wildman–Crippen MR) is 232 cm³/mol. The van der Waals surface area contributed by atoms with E-state index in [9.17, 15) is 19.2 Å². The molecule has 4 atom stereocenters. The molecule has 8 nitrogen and oxygen atoms in total. The molecule has 56 heavy (non-hydrogen) atoms. The number of benzene rings is 2. The van der Waals surface area contributed by atoms with Crippen molar-refractivity contribution in [2.75, 3.05) is 26.1 Å². The number of nitrogens with two attached hydrogens (primary N) is 2.